The largest absolute Gasteiger partial charge is 0.454 e. The number of carbonyl (C=O) groups is 1. The van der Waals surface area contributed by atoms with Crippen LogP contribution in [-0.2, 0) is 14.2 Å². The second-order valence-corrected chi connectivity index (χ2v) is 7.95. The number of aromatic nitrogens is 2. The van der Waals surface area contributed by atoms with E-state index in [0.29, 0.717) is 12.2 Å². The molecule has 3 rings (SSSR count). The summed E-state index contributed by atoms with van der Waals surface area (Å²) in [5.74, 6) is 0.515. The van der Waals surface area contributed by atoms with Crippen LogP contribution < -0.4 is 0 Å². The standard InChI is InChI=1S/C20H25IN2O4/c1-14(23-11-10-22-15(23)2)18(13-26-19-5-3-4-12-25-19)27-20(24)16-6-8-17(21)9-7-16/h6-11,14,18-19H,3-5,12-13H2,1-2H3. The molecule has 27 heavy (non-hydrogen) atoms. The normalized spacial score (nSPS) is 19.4. The van der Waals surface area contributed by atoms with Gasteiger partial charge in [0.05, 0.1) is 18.2 Å². The number of benzene rings is 1. The highest BCUT2D eigenvalue weighted by Crippen LogP contribution is 2.21. The molecule has 1 aliphatic rings. The van der Waals surface area contributed by atoms with Gasteiger partial charge in [-0.15, -0.1) is 0 Å². The van der Waals surface area contributed by atoms with Crippen molar-refractivity contribution in [3.63, 3.8) is 0 Å². The first-order chi connectivity index (χ1) is 13.0. The lowest BCUT2D eigenvalue weighted by molar-refractivity contribution is -0.178. The highest BCUT2D eigenvalue weighted by atomic mass is 127. The minimum Gasteiger partial charge on any atom is -0.454 e. The van der Waals surface area contributed by atoms with Gasteiger partial charge in [0.25, 0.3) is 0 Å². The van der Waals surface area contributed by atoms with Crippen LogP contribution in [0.2, 0.25) is 0 Å². The number of halogens is 1. The topological polar surface area (TPSA) is 62.6 Å². The minimum absolute atomic E-state index is 0.108. The minimum atomic E-state index is -0.449. The third-order valence-corrected chi connectivity index (χ3v) is 5.48. The zero-order valence-corrected chi connectivity index (χ0v) is 17.8. The van der Waals surface area contributed by atoms with Gasteiger partial charge in [-0.25, -0.2) is 9.78 Å². The molecule has 0 saturated carbocycles. The molecule has 0 amide bonds. The number of rotatable bonds is 7. The summed E-state index contributed by atoms with van der Waals surface area (Å²) in [5, 5.41) is 0. The van der Waals surface area contributed by atoms with Crippen LogP contribution in [0, 0.1) is 10.5 Å². The average Bonchev–Trinajstić information content (AvgIpc) is 3.11. The van der Waals surface area contributed by atoms with Crippen LogP contribution in [0.1, 0.15) is 48.4 Å². The molecule has 3 atom stereocenters. The van der Waals surface area contributed by atoms with Crippen LogP contribution in [-0.4, -0.2) is 41.1 Å². The molecule has 0 radical (unpaired) electrons. The molecule has 3 unspecified atom stereocenters. The molecule has 1 aromatic heterocycles. The quantitative estimate of drug-likeness (QED) is 0.437. The van der Waals surface area contributed by atoms with Crippen molar-refractivity contribution in [3.8, 4) is 0 Å². The fourth-order valence-electron chi connectivity index (χ4n) is 3.11. The van der Waals surface area contributed by atoms with Crippen molar-refractivity contribution in [2.75, 3.05) is 13.2 Å². The molecule has 0 N–H and O–H groups in total. The van der Waals surface area contributed by atoms with E-state index in [1.54, 1.807) is 18.3 Å². The first kappa shape index (κ1) is 20.3. The molecule has 146 valence electrons. The molecule has 0 bridgehead atoms. The molecule has 1 aliphatic heterocycles. The van der Waals surface area contributed by atoms with E-state index in [1.807, 2.05) is 36.7 Å². The number of nitrogens with zero attached hydrogens (tertiary/aromatic N) is 2. The van der Waals surface area contributed by atoms with Gasteiger partial charge in [0.15, 0.2) is 6.29 Å². The molecule has 1 saturated heterocycles. The maximum absolute atomic E-state index is 12.6. The molecule has 0 aliphatic carbocycles. The van der Waals surface area contributed by atoms with Crippen molar-refractivity contribution in [2.24, 2.45) is 0 Å². The Morgan fingerprint density at radius 1 is 1.37 bits per heavy atom. The summed E-state index contributed by atoms with van der Waals surface area (Å²) in [6.07, 6.45) is 5.99. The van der Waals surface area contributed by atoms with Gasteiger partial charge in [0, 0.05) is 22.6 Å². The van der Waals surface area contributed by atoms with E-state index >= 15 is 0 Å². The predicted molar refractivity (Wildman–Crippen MR) is 110 cm³/mol. The Morgan fingerprint density at radius 2 is 2.15 bits per heavy atom. The molecule has 6 nitrogen and oxygen atoms in total. The van der Waals surface area contributed by atoms with Gasteiger partial charge in [-0.2, -0.15) is 0 Å². The van der Waals surface area contributed by atoms with Gasteiger partial charge < -0.3 is 18.8 Å². The third-order valence-electron chi connectivity index (χ3n) is 4.76. The summed E-state index contributed by atoms with van der Waals surface area (Å²) >= 11 is 2.21. The lowest BCUT2D eigenvalue weighted by Crippen LogP contribution is -2.35. The first-order valence-electron chi connectivity index (χ1n) is 9.24. The number of imidazole rings is 1. The predicted octanol–water partition coefficient (Wildman–Crippen LogP) is 4.13. The van der Waals surface area contributed by atoms with Crippen LogP contribution in [0.4, 0.5) is 0 Å². The Hall–Kier alpha value is -1.45. The third kappa shape index (κ3) is 5.52. The van der Waals surface area contributed by atoms with E-state index in [9.17, 15) is 4.79 Å². The number of carbonyl (C=O) groups excluding carboxylic acids is 1. The van der Waals surface area contributed by atoms with Crippen molar-refractivity contribution in [1.82, 2.24) is 9.55 Å². The van der Waals surface area contributed by atoms with Crippen LogP contribution >= 0.6 is 22.6 Å². The van der Waals surface area contributed by atoms with Gasteiger partial charge in [0.1, 0.15) is 11.9 Å². The second-order valence-electron chi connectivity index (χ2n) is 6.70. The first-order valence-corrected chi connectivity index (χ1v) is 10.3. The Kier molecular flexibility index (Phi) is 7.26. The van der Waals surface area contributed by atoms with E-state index in [2.05, 4.69) is 27.6 Å². The lowest BCUT2D eigenvalue weighted by atomic mass is 10.1. The highest BCUT2D eigenvalue weighted by molar-refractivity contribution is 14.1. The molecule has 7 heteroatoms. The Bertz CT molecular complexity index is 741. The number of esters is 1. The average molecular weight is 484 g/mol. The van der Waals surface area contributed by atoms with Gasteiger partial charge >= 0.3 is 5.97 Å². The van der Waals surface area contributed by atoms with E-state index in [-0.39, 0.29) is 24.9 Å². The van der Waals surface area contributed by atoms with Crippen LogP contribution in [0.3, 0.4) is 0 Å². The molecular weight excluding hydrogens is 459 g/mol. The van der Waals surface area contributed by atoms with Crippen LogP contribution in [0.5, 0.6) is 0 Å². The van der Waals surface area contributed by atoms with E-state index in [0.717, 1.165) is 28.7 Å². The lowest BCUT2D eigenvalue weighted by Gasteiger charge is -2.29. The summed E-state index contributed by atoms with van der Waals surface area (Å²) in [7, 11) is 0. The SMILES string of the molecule is Cc1nccn1C(C)C(COC1CCCCO1)OC(=O)c1ccc(I)cc1. The van der Waals surface area contributed by atoms with Crippen molar-refractivity contribution in [1.29, 1.82) is 0 Å². The summed E-state index contributed by atoms with van der Waals surface area (Å²) < 4.78 is 20.5. The second kappa shape index (κ2) is 9.66. The summed E-state index contributed by atoms with van der Waals surface area (Å²) in [6.45, 7) is 4.93. The summed E-state index contributed by atoms with van der Waals surface area (Å²) in [6, 6.07) is 7.23. The van der Waals surface area contributed by atoms with Gasteiger partial charge in [0.2, 0.25) is 0 Å². The maximum Gasteiger partial charge on any atom is 0.338 e. The van der Waals surface area contributed by atoms with Crippen molar-refractivity contribution < 1.29 is 19.0 Å². The summed E-state index contributed by atoms with van der Waals surface area (Å²) in [4.78, 5) is 16.9. The highest BCUT2D eigenvalue weighted by Gasteiger charge is 2.27. The maximum atomic E-state index is 12.6. The molecule has 1 aromatic carbocycles. The Labute approximate surface area is 173 Å². The van der Waals surface area contributed by atoms with Crippen molar-refractivity contribution in [2.45, 2.75) is 51.5 Å². The fraction of sp³-hybridized carbons (Fsp3) is 0.500. The molecule has 2 heterocycles. The molecule has 2 aromatic rings. The van der Waals surface area contributed by atoms with E-state index in [4.69, 9.17) is 14.2 Å². The van der Waals surface area contributed by atoms with E-state index < -0.39 is 6.10 Å². The Morgan fingerprint density at radius 3 is 2.78 bits per heavy atom. The van der Waals surface area contributed by atoms with E-state index in [1.165, 1.54) is 0 Å². The Balaban J connectivity index is 1.70. The van der Waals surface area contributed by atoms with Crippen LogP contribution in [0.15, 0.2) is 36.7 Å². The summed E-state index contributed by atoms with van der Waals surface area (Å²) in [5.41, 5.74) is 0.531. The molecule has 1 fully saturated rings. The smallest absolute Gasteiger partial charge is 0.338 e. The molecule has 0 spiro atoms. The van der Waals surface area contributed by atoms with Crippen molar-refractivity contribution >= 4 is 28.6 Å². The number of aryl methyl sites for hydroxylation is 1. The fourth-order valence-corrected chi connectivity index (χ4v) is 3.46. The van der Waals surface area contributed by atoms with Gasteiger partial charge in [-0.3, -0.25) is 0 Å². The van der Waals surface area contributed by atoms with Crippen LogP contribution in [0.25, 0.3) is 0 Å². The number of hydrogen-bond donors (Lipinski definition) is 0. The molecular formula is C20H25IN2O4. The zero-order chi connectivity index (χ0) is 19.2. The number of ether oxygens (including phenoxy) is 3. The number of hydrogen-bond acceptors (Lipinski definition) is 5. The van der Waals surface area contributed by atoms with Gasteiger partial charge in [-0.1, -0.05) is 0 Å². The van der Waals surface area contributed by atoms with Gasteiger partial charge in [-0.05, 0) is 80.0 Å². The zero-order valence-electron chi connectivity index (χ0n) is 15.6. The van der Waals surface area contributed by atoms with Crippen molar-refractivity contribution in [3.05, 3.63) is 51.6 Å². The monoisotopic (exact) mass is 484 g/mol.